The van der Waals surface area contributed by atoms with Gasteiger partial charge in [0.1, 0.15) is 0 Å². The smallest absolute Gasteiger partial charge is 0.0589 e. The summed E-state index contributed by atoms with van der Waals surface area (Å²) in [4.78, 5) is 2.79. The summed E-state index contributed by atoms with van der Waals surface area (Å²) in [6.45, 7) is 10.1. The molecule has 4 atom stereocenters. The van der Waals surface area contributed by atoms with Gasteiger partial charge in [0.15, 0.2) is 0 Å². The Labute approximate surface area is 131 Å². The van der Waals surface area contributed by atoms with Crippen LogP contribution in [-0.2, 0) is 4.74 Å². The molecule has 3 heteroatoms. The summed E-state index contributed by atoms with van der Waals surface area (Å²) < 4.78 is 5.40. The van der Waals surface area contributed by atoms with Crippen LogP contribution in [0.25, 0.3) is 0 Å². The van der Waals surface area contributed by atoms with Crippen LogP contribution in [0, 0.1) is 11.8 Å². The second kappa shape index (κ2) is 8.50. The summed E-state index contributed by atoms with van der Waals surface area (Å²) in [5, 5.41) is 3.77. The quantitative estimate of drug-likeness (QED) is 0.706. The molecule has 0 spiro atoms. The summed E-state index contributed by atoms with van der Waals surface area (Å²) >= 11 is 0. The first kappa shape index (κ1) is 17.2. The van der Waals surface area contributed by atoms with E-state index in [1.807, 2.05) is 7.11 Å². The molecular formula is C18H36N2O. The van der Waals surface area contributed by atoms with Crippen LogP contribution in [0.1, 0.15) is 59.3 Å². The highest BCUT2D eigenvalue weighted by Crippen LogP contribution is 2.38. The lowest BCUT2D eigenvalue weighted by atomic mass is 9.79. The van der Waals surface area contributed by atoms with E-state index >= 15 is 0 Å². The van der Waals surface area contributed by atoms with Crippen molar-refractivity contribution in [3.05, 3.63) is 0 Å². The molecule has 2 fully saturated rings. The second-order valence-electron chi connectivity index (χ2n) is 7.13. The van der Waals surface area contributed by atoms with Crippen molar-refractivity contribution in [3.63, 3.8) is 0 Å². The Morgan fingerprint density at radius 1 is 1.19 bits per heavy atom. The second-order valence-corrected chi connectivity index (χ2v) is 7.13. The molecule has 0 aromatic rings. The largest absolute Gasteiger partial charge is 0.383 e. The van der Waals surface area contributed by atoms with E-state index in [2.05, 4.69) is 31.0 Å². The zero-order valence-corrected chi connectivity index (χ0v) is 14.6. The van der Waals surface area contributed by atoms with Crippen LogP contribution in [0.2, 0.25) is 0 Å². The van der Waals surface area contributed by atoms with E-state index in [1.165, 1.54) is 38.5 Å². The Balaban J connectivity index is 2.07. The van der Waals surface area contributed by atoms with Gasteiger partial charge in [-0.3, -0.25) is 4.90 Å². The Kier molecular flexibility index (Phi) is 6.97. The number of likely N-dealkylation sites (N-methyl/N-ethyl adjacent to an activating group) is 1. The molecule has 3 nitrogen and oxygen atoms in total. The third kappa shape index (κ3) is 4.67. The van der Waals surface area contributed by atoms with Gasteiger partial charge in [-0.25, -0.2) is 0 Å². The van der Waals surface area contributed by atoms with E-state index in [0.717, 1.165) is 37.6 Å². The number of nitrogens with zero attached hydrogens (tertiary/aromatic N) is 1. The summed E-state index contributed by atoms with van der Waals surface area (Å²) in [7, 11) is 1.83. The van der Waals surface area contributed by atoms with Crippen molar-refractivity contribution in [1.29, 1.82) is 0 Å². The standard InChI is InChI=1S/C18H36N2O/c1-5-15-7-10-17(19-6-2)18(13-15)20(11-12-21-4)14(3)16-8-9-16/h14-19H,5-13H2,1-4H3. The van der Waals surface area contributed by atoms with Crippen molar-refractivity contribution >= 4 is 0 Å². The van der Waals surface area contributed by atoms with Crippen molar-refractivity contribution in [2.45, 2.75) is 77.4 Å². The van der Waals surface area contributed by atoms with Crippen molar-refractivity contribution in [1.82, 2.24) is 10.2 Å². The molecule has 2 aliphatic rings. The minimum absolute atomic E-state index is 0.677. The molecule has 2 rings (SSSR count). The number of hydrogen-bond acceptors (Lipinski definition) is 3. The maximum Gasteiger partial charge on any atom is 0.0589 e. The Morgan fingerprint density at radius 3 is 2.52 bits per heavy atom. The van der Waals surface area contributed by atoms with Crippen LogP contribution in [0.4, 0.5) is 0 Å². The van der Waals surface area contributed by atoms with Gasteiger partial charge in [-0.2, -0.15) is 0 Å². The molecule has 0 bridgehead atoms. The van der Waals surface area contributed by atoms with Gasteiger partial charge < -0.3 is 10.1 Å². The van der Waals surface area contributed by atoms with Crippen LogP contribution < -0.4 is 5.32 Å². The molecule has 0 aliphatic heterocycles. The highest BCUT2D eigenvalue weighted by Gasteiger charge is 2.39. The van der Waals surface area contributed by atoms with Gasteiger partial charge in [-0.1, -0.05) is 20.3 Å². The summed E-state index contributed by atoms with van der Waals surface area (Å²) in [6.07, 6.45) is 8.32. The Bertz CT molecular complexity index is 293. The van der Waals surface area contributed by atoms with E-state index in [4.69, 9.17) is 4.74 Å². The van der Waals surface area contributed by atoms with E-state index in [1.54, 1.807) is 0 Å². The number of methoxy groups -OCH3 is 1. The number of rotatable bonds is 9. The minimum Gasteiger partial charge on any atom is -0.383 e. The normalized spacial score (nSPS) is 31.6. The molecule has 0 radical (unpaired) electrons. The molecule has 2 saturated carbocycles. The van der Waals surface area contributed by atoms with Gasteiger partial charge in [-0.15, -0.1) is 0 Å². The third-order valence-electron chi connectivity index (χ3n) is 5.78. The molecule has 2 aliphatic carbocycles. The SMILES string of the molecule is CCNC1CCC(CC)CC1N(CCOC)C(C)C1CC1. The Hall–Kier alpha value is -0.120. The molecule has 0 aromatic heterocycles. The van der Waals surface area contributed by atoms with Gasteiger partial charge in [0.2, 0.25) is 0 Å². The molecule has 1 N–H and O–H groups in total. The van der Waals surface area contributed by atoms with E-state index in [-0.39, 0.29) is 0 Å². The molecule has 0 saturated heterocycles. The van der Waals surface area contributed by atoms with Crippen LogP contribution in [0.15, 0.2) is 0 Å². The molecular weight excluding hydrogens is 260 g/mol. The monoisotopic (exact) mass is 296 g/mol. The van der Waals surface area contributed by atoms with Crippen molar-refractivity contribution in [2.24, 2.45) is 11.8 Å². The summed E-state index contributed by atoms with van der Waals surface area (Å²) in [6, 6.07) is 2.10. The number of ether oxygens (including phenoxy) is 1. The topological polar surface area (TPSA) is 24.5 Å². The lowest BCUT2D eigenvalue weighted by molar-refractivity contribution is 0.0346. The van der Waals surface area contributed by atoms with Crippen LogP contribution in [-0.4, -0.2) is 49.8 Å². The van der Waals surface area contributed by atoms with Crippen molar-refractivity contribution in [2.75, 3.05) is 26.8 Å². The average molecular weight is 296 g/mol. The molecule has 4 unspecified atom stereocenters. The van der Waals surface area contributed by atoms with Crippen molar-refractivity contribution < 1.29 is 4.74 Å². The van der Waals surface area contributed by atoms with Gasteiger partial charge in [0.25, 0.3) is 0 Å². The first-order chi connectivity index (χ1) is 10.2. The fourth-order valence-electron chi connectivity index (χ4n) is 4.19. The Morgan fingerprint density at radius 2 is 1.95 bits per heavy atom. The van der Waals surface area contributed by atoms with Gasteiger partial charge in [-0.05, 0) is 57.4 Å². The van der Waals surface area contributed by atoms with Crippen LogP contribution in [0.5, 0.6) is 0 Å². The maximum atomic E-state index is 5.40. The zero-order valence-electron chi connectivity index (χ0n) is 14.6. The van der Waals surface area contributed by atoms with E-state index in [0.29, 0.717) is 12.1 Å². The molecule has 0 aromatic carbocycles. The summed E-state index contributed by atoms with van der Waals surface area (Å²) in [5.41, 5.74) is 0. The predicted octanol–water partition coefficient (Wildman–Crippen LogP) is 3.29. The minimum atomic E-state index is 0.677. The molecule has 0 heterocycles. The average Bonchev–Trinajstić information content (AvgIpc) is 3.33. The number of nitrogens with one attached hydrogen (secondary N) is 1. The first-order valence-electron chi connectivity index (χ1n) is 9.19. The van der Waals surface area contributed by atoms with Crippen LogP contribution in [0.3, 0.4) is 0 Å². The zero-order chi connectivity index (χ0) is 15.2. The first-order valence-corrected chi connectivity index (χ1v) is 9.19. The number of hydrogen-bond donors (Lipinski definition) is 1. The van der Waals surface area contributed by atoms with Crippen molar-refractivity contribution in [3.8, 4) is 0 Å². The fraction of sp³-hybridized carbons (Fsp3) is 1.00. The summed E-state index contributed by atoms with van der Waals surface area (Å²) in [5.74, 6) is 1.85. The lowest BCUT2D eigenvalue weighted by Gasteiger charge is -2.45. The van der Waals surface area contributed by atoms with Gasteiger partial charge in [0, 0.05) is 31.8 Å². The van der Waals surface area contributed by atoms with Gasteiger partial charge in [0.05, 0.1) is 6.61 Å². The lowest BCUT2D eigenvalue weighted by Crippen LogP contribution is -2.56. The van der Waals surface area contributed by atoms with E-state index in [9.17, 15) is 0 Å². The predicted molar refractivity (Wildman–Crippen MR) is 89.7 cm³/mol. The molecule has 0 amide bonds. The molecule has 124 valence electrons. The maximum absolute atomic E-state index is 5.40. The molecule has 21 heavy (non-hydrogen) atoms. The fourth-order valence-corrected chi connectivity index (χ4v) is 4.19. The highest BCUT2D eigenvalue weighted by molar-refractivity contribution is 4.95. The van der Waals surface area contributed by atoms with Crippen LogP contribution >= 0.6 is 0 Å². The highest BCUT2D eigenvalue weighted by atomic mass is 16.5. The third-order valence-corrected chi connectivity index (χ3v) is 5.78. The van der Waals surface area contributed by atoms with Gasteiger partial charge >= 0.3 is 0 Å². The van der Waals surface area contributed by atoms with E-state index < -0.39 is 0 Å².